The summed E-state index contributed by atoms with van der Waals surface area (Å²) in [6, 6.07) is 13.0. The number of anilines is 1. The third-order valence-electron chi connectivity index (χ3n) is 3.40. The second-order valence-electron chi connectivity index (χ2n) is 5.07. The largest absolute Gasteiger partial charge is 0.495 e. The summed E-state index contributed by atoms with van der Waals surface area (Å²) < 4.78 is 18.3. The molecule has 1 heterocycles. The van der Waals surface area contributed by atoms with E-state index in [4.69, 9.17) is 16.3 Å². The molecule has 0 unspecified atom stereocenters. The Morgan fingerprint density at radius 2 is 2.08 bits per heavy atom. The zero-order valence-electron chi connectivity index (χ0n) is 13.5. The van der Waals surface area contributed by atoms with Gasteiger partial charge < -0.3 is 4.74 Å². The number of thiazole rings is 1. The quantitative estimate of drug-likeness (QED) is 0.497. The lowest BCUT2D eigenvalue weighted by Crippen LogP contribution is -2.02. The van der Waals surface area contributed by atoms with Crippen LogP contribution < -0.4 is 10.2 Å². The highest BCUT2D eigenvalue weighted by Gasteiger charge is 2.11. The van der Waals surface area contributed by atoms with Gasteiger partial charge in [-0.25, -0.2) is 9.37 Å². The van der Waals surface area contributed by atoms with Crippen molar-refractivity contribution in [3.05, 3.63) is 63.7 Å². The van der Waals surface area contributed by atoms with Gasteiger partial charge in [-0.2, -0.15) is 10.4 Å². The summed E-state index contributed by atoms with van der Waals surface area (Å²) >= 11 is 7.25. The van der Waals surface area contributed by atoms with Crippen molar-refractivity contribution in [1.82, 2.24) is 4.98 Å². The maximum absolute atomic E-state index is 13.0. The average molecular weight is 387 g/mol. The Morgan fingerprint density at radius 1 is 1.31 bits per heavy atom. The molecule has 130 valence electrons. The van der Waals surface area contributed by atoms with Gasteiger partial charge in [-0.05, 0) is 42.5 Å². The topological polar surface area (TPSA) is 70.3 Å². The first kappa shape index (κ1) is 17.9. The van der Waals surface area contributed by atoms with Crippen LogP contribution in [0.4, 0.5) is 10.1 Å². The van der Waals surface area contributed by atoms with Crippen molar-refractivity contribution in [3.8, 4) is 23.1 Å². The Kier molecular flexibility index (Phi) is 5.46. The number of hydrogen-bond acceptors (Lipinski definition) is 6. The molecule has 0 aliphatic carbocycles. The molecule has 0 radical (unpaired) electrons. The van der Waals surface area contributed by atoms with Gasteiger partial charge in [-0.15, -0.1) is 11.3 Å². The van der Waals surface area contributed by atoms with Crippen LogP contribution in [0.1, 0.15) is 5.01 Å². The normalized spacial score (nSPS) is 11.1. The number of hydrazone groups is 1. The molecule has 8 heteroatoms. The smallest absolute Gasteiger partial charge is 0.196 e. The molecule has 1 aromatic heterocycles. The fraction of sp³-hybridized carbons (Fsp3) is 0.0556. The molecule has 26 heavy (non-hydrogen) atoms. The van der Waals surface area contributed by atoms with Crippen LogP contribution in [0.2, 0.25) is 5.02 Å². The molecule has 0 aliphatic heterocycles. The molecule has 0 fully saturated rings. The average Bonchev–Trinajstić information content (AvgIpc) is 3.13. The minimum Gasteiger partial charge on any atom is -0.495 e. The van der Waals surface area contributed by atoms with Crippen LogP contribution >= 0.6 is 22.9 Å². The number of ether oxygens (including phenoxy) is 1. The van der Waals surface area contributed by atoms with Gasteiger partial charge in [0.05, 0.1) is 18.5 Å². The van der Waals surface area contributed by atoms with Gasteiger partial charge >= 0.3 is 0 Å². The molecule has 3 aromatic rings. The predicted octanol–water partition coefficient (Wildman–Crippen LogP) is 4.95. The summed E-state index contributed by atoms with van der Waals surface area (Å²) in [5, 5.41) is 16.2. The van der Waals surface area contributed by atoms with Crippen LogP contribution in [0.15, 0.2) is 52.9 Å². The zero-order chi connectivity index (χ0) is 18.5. The first-order valence-electron chi connectivity index (χ1n) is 7.40. The molecular weight excluding hydrogens is 375 g/mol. The number of nitrogens with zero attached hydrogens (tertiary/aromatic N) is 3. The number of methoxy groups -OCH3 is 1. The van der Waals surface area contributed by atoms with E-state index in [-0.39, 0.29) is 11.5 Å². The first-order valence-corrected chi connectivity index (χ1v) is 8.65. The van der Waals surface area contributed by atoms with Crippen LogP contribution in [-0.2, 0) is 0 Å². The predicted molar refractivity (Wildman–Crippen MR) is 101 cm³/mol. The SMILES string of the molecule is COc1ccc(Cl)cc1N/N=C(/C#N)c1nc(-c2ccc(F)cc2)cs1. The number of benzene rings is 2. The Morgan fingerprint density at radius 3 is 2.77 bits per heavy atom. The lowest BCUT2D eigenvalue weighted by Gasteiger charge is -2.07. The fourth-order valence-corrected chi connectivity index (χ4v) is 3.08. The first-order chi connectivity index (χ1) is 12.6. The monoisotopic (exact) mass is 386 g/mol. The number of aromatic nitrogens is 1. The van der Waals surface area contributed by atoms with E-state index in [1.54, 1.807) is 35.7 Å². The maximum atomic E-state index is 13.0. The Balaban J connectivity index is 1.86. The van der Waals surface area contributed by atoms with E-state index in [2.05, 4.69) is 15.5 Å². The Labute approximate surface area is 158 Å². The van der Waals surface area contributed by atoms with Crippen molar-refractivity contribution in [2.24, 2.45) is 5.10 Å². The summed E-state index contributed by atoms with van der Waals surface area (Å²) in [5.41, 5.74) is 4.84. The second kappa shape index (κ2) is 7.95. The van der Waals surface area contributed by atoms with Gasteiger partial charge in [-0.1, -0.05) is 11.6 Å². The van der Waals surface area contributed by atoms with Crippen molar-refractivity contribution in [2.75, 3.05) is 12.5 Å². The second-order valence-corrected chi connectivity index (χ2v) is 6.37. The zero-order valence-corrected chi connectivity index (χ0v) is 15.1. The molecule has 0 saturated carbocycles. The highest BCUT2D eigenvalue weighted by molar-refractivity contribution is 7.12. The molecule has 5 nitrogen and oxygen atoms in total. The van der Waals surface area contributed by atoms with Crippen LogP contribution in [0, 0.1) is 17.1 Å². The van der Waals surface area contributed by atoms with Crippen molar-refractivity contribution in [1.29, 1.82) is 5.26 Å². The molecule has 0 aliphatic rings. The van der Waals surface area contributed by atoms with Crippen LogP contribution in [-0.4, -0.2) is 17.8 Å². The van der Waals surface area contributed by atoms with Gasteiger partial charge in [0.2, 0.25) is 0 Å². The lowest BCUT2D eigenvalue weighted by atomic mass is 10.2. The van der Waals surface area contributed by atoms with Crippen LogP contribution in [0.5, 0.6) is 5.75 Å². The number of hydrogen-bond donors (Lipinski definition) is 1. The molecule has 1 N–H and O–H groups in total. The van der Waals surface area contributed by atoms with E-state index in [1.165, 1.54) is 30.6 Å². The lowest BCUT2D eigenvalue weighted by molar-refractivity contribution is 0.416. The third kappa shape index (κ3) is 3.99. The third-order valence-corrected chi connectivity index (χ3v) is 4.49. The van der Waals surface area contributed by atoms with Gasteiger partial charge in [0, 0.05) is 16.0 Å². The minimum absolute atomic E-state index is 0.116. The summed E-state index contributed by atoms with van der Waals surface area (Å²) in [7, 11) is 1.53. The molecule has 0 amide bonds. The Bertz CT molecular complexity index is 995. The fourth-order valence-electron chi connectivity index (χ4n) is 2.14. The van der Waals surface area contributed by atoms with Crippen LogP contribution in [0.3, 0.4) is 0 Å². The molecule has 3 rings (SSSR count). The van der Waals surface area contributed by atoms with E-state index < -0.39 is 0 Å². The molecule has 0 atom stereocenters. The van der Waals surface area contributed by atoms with E-state index >= 15 is 0 Å². The number of halogens is 2. The standard InChI is InChI=1S/C18H12ClFN4OS/c1-25-17-7-4-12(19)8-14(17)23-24-15(9-21)18-22-16(10-26-18)11-2-5-13(20)6-3-11/h2-8,10,23H,1H3/b24-15-. The minimum atomic E-state index is -0.317. The highest BCUT2D eigenvalue weighted by atomic mass is 35.5. The van der Waals surface area contributed by atoms with Gasteiger partial charge in [0.1, 0.15) is 17.6 Å². The van der Waals surface area contributed by atoms with Crippen molar-refractivity contribution in [3.63, 3.8) is 0 Å². The Hall–Kier alpha value is -2.95. The van der Waals surface area contributed by atoms with Gasteiger partial charge in [-0.3, -0.25) is 5.43 Å². The van der Waals surface area contributed by atoms with Crippen molar-refractivity contribution >= 4 is 34.3 Å². The number of rotatable bonds is 5. The molecule has 0 bridgehead atoms. The van der Waals surface area contributed by atoms with E-state index in [1.807, 2.05) is 6.07 Å². The number of nitrogens with one attached hydrogen (secondary N) is 1. The number of nitriles is 1. The molecular formula is C18H12ClFN4OS. The maximum Gasteiger partial charge on any atom is 0.196 e. The summed E-state index contributed by atoms with van der Waals surface area (Å²) in [6.45, 7) is 0. The van der Waals surface area contributed by atoms with E-state index in [0.717, 1.165) is 5.56 Å². The van der Waals surface area contributed by atoms with E-state index in [0.29, 0.717) is 27.2 Å². The van der Waals surface area contributed by atoms with Crippen molar-refractivity contribution in [2.45, 2.75) is 0 Å². The summed E-state index contributed by atoms with van der Waals surface area (Å²) in [4.78, 5) is 4.40. The highest BCUT2D eigenvalue weighted by Crippen LogP contribution is 2.28. The molecule has 2 aromatic carbocycles. The van der Waals surface area contributed by atoms with Gasteiger partial charge in [0.15, 0.2) is 10.7 Å². The molecule has 0 saturated heterocycles. The van der Waals surface area contributed by atoms with Gasteiger partial charge in [0.25, 0.3) is 0 Å². The summed E-state index contributed by atoms with van der Waals surface area (Å²) in [6.07, 6.45) is 0. The van der Waals surface area contributed by atoms with Crippen LogP contribution in [0.25, 0.3) is 11.3 Å². The molecule has 0 spiro atoms. The van der Waals surface area contributed by atoms with E-state index in [9.17, 15) is 9.65 Å². The van der Waals surface area contributed by atoms with Crippen molar-refractivity contribution < 1.29 is 9.13 Å². The summed E-state index contributed by atoms with van der Waals surface area (Å²) in [5.74, 6) is 0.227.